The van der Waals surface area contributed by atoms with Crippen LogP contribution in [0.5, 0.6) is 0 Å². The number of nitrogens with zero attached hydrogens (tertiary/aromatic N) is 2. The SMILES string of the molecule is N#Cc1ccc(NC(=O)CN(CCC(=O)O)C2CC2)cc1. The molecule has 0 saturated heterocycles. The van der Waals surface area contributed by atoms with Gasteiger partial charge in [-0.15, -0.1) is 0 Å². The maximum absolute atomic E-state index is 12.0. The normalized spacial score (nSPS) is 13.7. The van der Waals surface area contributed by atoms with E-state index in [1.54, 1.807) is 24.3 Å². The first-order valence-corrected chi connectivity index (χ1v) is 6.84. The monoisotopic (exact) mass is 287 g/mol. The van der Waals surface area contributed by atoms with E-state index in [4.69, 9.17) is 10.4 Å². The minimum atomic E-state index is -0.854. The second-order valence-corrected chi connectivity index (χ2v) is 5.08. The Morgan fingerprint density at radius 2 is 2.00 bits per heavy atom. The summed E-state index contributed by atoms with van der Waals surface area (Å²) in [6.07, 6.45) is 2.08. The Hall–Kier alpha value is -2.39. The smallest absolute Gasteiger partial charge is 0.304 e. The number of hydrogen-bond donors (Lipinski definition) is 2. The van der Waals surface area contributed by atoms with Gasteiger partial charge in [-0.1, -0.05) is 0 Å². The van der Waals surface area contributed by atoms with Crippen LogP contribution in [0.25, 0.3) is 0 Å². The zero-order valence-electron chi connectivity index (χ0n) is 11.6. The fourth-order valence-electron chi connectivity index (χ4n) is 2.08. The lowest BCUT2D eigenvalue weighted by molar-refractivity contribution is -0.137. The molecule has 1 aromatic rings. The Morgan fingerprint density at radius 3 is 2.52 bits per heavy atom. The number of hydrogen-bond acceptors (Lipinski definition) is 4. The van der Waals surface area contributed by atoms with Gasteiger partial charge in [0, 0.05) is 18.3 Å². The van der Waals surface area contributed by atoms with Crippen LogP contribution in [0.1, 0.15) is 24.8 Å². The summed E-state index contributed by atoms with van der Waals surface area (Å²) >= 11 is 0. The summed E-state index contributed by atoms with van der Waals surface area (Å²) < 4.78 is 0. The van der Waals surface area contributed by atoms with Crippen LogP contribution in [0.2, 0.25) is 0 Å². The largest absolute Gasteiger partial charge is 0.481 e. The molecule has 21 heavy (non-hydrogen) atoms. The molecular weight excluding hydrogens is 270 g/mol. The van der Waals surface area contributed by atoms with Crippen molar-refractivity contribution in [3.8, 4) is 6.07 Å². The molecule has 1 aliphatic rings. The standard InChI is InChI=1S/C15H17N3O3/c16-9-11-1-3-12(4-2-11)17-14(19)10-18(13-5-6-13)8-7-15(20)21/h1-4,13H,5-8,10H2,(H,17,19)(H,20,21). The van der Waals surface area contributed by atoms with Crippen molar-refractivity contribution < 1.29 is 14.7 Å². The number of carbonyl (C=O) groups is 2. The average Bonchev–Trinajstić information content (AvgIpc) is 3.28. The number of carbonyl (C=O) groups excluding carboxylic acids is 1. The number of benzene rings is 1. The number of carboxylic acids is 1. The number of amides is 1. The van der Waals surface area contributed by atoms with E-state index < -0.39 is 5.97 Å². The molecule has 1 aromatic carbocycles. The molecule has 6 nitrogen and oxygen atoms in total. The van der Waals surface area contributed by atoms with Crippen molar-refractivity contribution in [1.29, 1.82) is 5.26 Å². The molecule has 0 radical (unpaired) electrons. The summed E-state index contributed by atoms with van der Waals surface area (Å²) in [7, 11) is 0. The van der Waals surface area contributed by atoms with E-state index in [9.17, 15) is 9.59 Å². The van der Waals surface area contributed by atoms with Gasteiger partial charge in [0.2, 0.25) is 5.91 Å². The van der Waals surface area contributed by atoms with Crippen molar-refractivity contribution >= 4 is 17.6 Å². The van der Waals surface area contributed by atoms with Crippen molar-refractivity contribution in [3.05, 3.63) is 29.8 Å². The van der Waals surface area contributed by atoms with Gasteiger partial charge in [0.1, 0.15) is 0 Å². The second-order valence-electron chi connectivity index (χ2n) is 5.08. The molecule has 2 rings (SSSR count). The van der Waals surface area contributed by atoms with E-state index in [1.807, 2.05) is 11.0 Å². The first kappa shape index (κ1) is 15.0. The van der Waals surface area contributed by atoms with Crippen LogP contribution < -0.4 is 5.32 Å². The maximum atomic E-state index is 12.0. The number of anilines is 1. The second kappa shape index (κ2) is 6.86. The number of nitriles is 1. The minimum Gasteiger partial charge on any atom is -0.481 e. The van der Waals surface area contributed by atoms with Crippen molar-refractivity contribution in [2.75, 3.05) is 18.4 Å². The van der Waals surface area contributed by atoms with E-state index in [-0.39, 0.29) is 18.9 Å². The molecule has 0 aromatic heterocycles. The van der Waals surface area contributed by atoms with Gasteiger partial charge in [-0.05, 0) is 37.1 Å². The van der Waals surface area contributed by atoms with Crippen LogP contribution in [0.15, 0.2) is 24.3 Å². The van der Waals surface area contributed by atoms with Crippen LogP contribution in [0.3, 0.4) is 0 Å². The van der Waals surface area contributed by atoms with Gasteiger partial charge < -0.3 is 10.4 Å². The fourth-order valence-corrected chi connectivity index (χ4v) is 2.08. The van der Waals surface area contributed by atoms with Crippen LogP contribution in [0, 0.1) is 11.3 Å². The highest BCUT2D eigenvalue weighted by atomic mass is 16.4. The highest BCUT2D eigenvalue weighted by Crippen LogP contribution is 2.26. The number of rotatable bonds is 7. The van der Waals surface area contributed by atoms with Gasteiger partial charge >= 0.3 is 5.97 Å². The lowest BCUT2D eigenvalue weighted by atomic mass is 10.2. The Bertz CT molecular complexity index is 559. The lowest BCUT2D eigenvalue weighted by Gasteiger charge is -2.20. The molecule has 110 valence electrons. The molecule has 0 heterocycles. The molecule has 0 spiro atoms. The van der Waals surface area contributed by atoms with Crippen LogP contribution in [-0.4, -0.2) is 41.0 Å². The highest BCUT2D eigenvalue weighted by Gasteiger charge is 2.30. The molecule has 0 atom stereocenters. The topological polar surface area (TPSA) is 93.4 Å². The van der Waals surface area contributed by atoms with Gasteiger partial charge in [-0.3, -0.25) is 14.5 Å². The first-order valence-electron chi connectivity index (χ1n) is 6.84. The van der Waals surface area contributed by atoms with E-state index in [0.29, 0.717) is 23.8 Å². The minimum absolute atomic E-state index is 0.0423. The average molecular weight is 287 g/mol. The summed E-state index contributed by atoms with van der Waals surface area (Å²) in [6.45, 7) is 0.582. The predicted octanol–water partition coefficient (Wildman–Crippen LogP) is 1.44. The molecule has 0 unspecified atom stereocenters. The molecular formula is C15H17N3O3. The van der Waals surface area contributed by atoms with Crippen LogP contribution in [-0.2, 0) is 9.59 Å². The number of aliphatic carboxylic acids is 1. The summed E-state index contributed by atoms with van der Waals surface area (Å²) in [5.74, 6) is -1.02. The molecule has 1 fully saturated rings. The van der Waals surface area contributed by atoms with Crippen molar-refractivity contribution in [2.24, 2.45) is 0 Å². The Labute approximate surface area is 123 Å². The Kier molecular flexibility index (Phi) is 4.90. The van der Waals surface area contributed by atoms with Gasteiger partial charge in [-0.25, -0.2) is 0 Å². The third-order valence-corrected chi connectivity index (χ3v) is 3.32. The molecule has 0 aliphatic heterocycles. The van der Waals surface area contributed by atoms with Gasteiger partial charge in [0.15, 0.2) is 0 Å². The molecule has 1 aliphatic carbocycles. The Balaban J connectivity index is 1.86. The van der Waals surface area contributed by atoms with Gasteiger partial charge in [0.25, 0.3) is 0 Å². The quantitative estimate of drug-likeness (QED) is 0.791. The molecule has 2 N–H and O–H groups in total. The van der Waals surface area contributed by atoms with Crippen molar-refractivity contribution in [1.82, 2.24) is 4.90 Å². The van der Waals surface area contributed by atoms with E-state index in [2.05, 4.69) is 5.32 Å². The Morgan fingerprint density at radius 1 is 1.33 bits per heavy atom. The van der Waals surface area contributed by atoms with E-state index >= 15 is 0 Å². The highest BCUT2D eigenvalue weighted by molar-refractivity contribution is 5.92. The summed E-state index contributed by atoms with van der Waals surface area (Å²) in [4.78, 5) is 24.5. The van der Waals surface area contributed by atoms with Crippen molar-refractivity contribution in [3.63, 3.8) is 0 Å². The van der Waals surface area contributed by atoms with Gasteiger partial charge in [-0.2, -0.15) is 5.26 Å². The molecule has 1 amide bonds. The fraction of sp³-hybridized carbons (Fsp3) is 0.400. The first-order chi connectivity index (χ1) is 10.1. The molecule has 1 saturated carbocycles. The van der Waals surface area contributed by atoms with E-state index in [1.165, 1.54) is 0 Å². The third-order valence-electron chi connectivity index (χ3n) is 3.32. The predicted molar refractivity (Wildman–Crippen MR) is 76.6 cm³/mol. The summed E-state index contributed by atoms with van der Waals surface area (Å²) in [5, 5.41) is 20.2. The van der Waals surface area contributed by atoms with E-state index in [0.717, 1.165) is 12.8 Å². The summed E-state index contributed by atoms with van der Waals surface area (Å²) in [5.41, 5.74) is 1.17. The number of carboxylic acid groups (broad SMARTS) is 1. The summed E-state index contributed by atoms with van der Waals surface area (Å²) in [6, 6.07) is 8.97. The zero-order valence-corrected chi connectivity index (χ0v) is 11.6. The lowest BCUT2D eigenvalue weighted by Crippen LogP contribution is -2.36. The maximum Gasteiger partial charge on any atom is 0.304 e. The van der Waals surface area contributed by atoms with Crippen LogP contribution in [0.4, 0.5) is 5.69 Å². The van der Waals surface area contributed by atoms with Crippen molar-refractivity contribution in [2.45, 2.75) is 25.3 Å². The zero-order chi connectivity index (χ0) is 15.2. The molecule has 0 bridgehead atoms. The molecule has 6 heteroatoms. The number of nitrogens with one attached hydrogen (secondary N) is 1. The van der Waals surface area contributed by atoms with Gasteiger partial charge in [0.05, 0.1) is 24.6 Å². The van der Waals surface area contributed by atoms with Crippen LogP contribution >= 0.6 is 0 Å². The third kappa shape index (κ3) is 4.89.